The molecule has 2 aromatic rings. The zero-order chi connectivity index (χ0) is 22.7. The number of esters is 1. The minimum Gasteiger partial charge on any atom is -0.459 e. The molecule has 0 spiro atoms. The smallest absolute Gasteiger partial charge is 0.330 e. The van der Waals surface area contributed by atoms with Crippen LogP contribution in [0.3, 0.4) is 0 Å². The first kappa shape index (κ1) is 22.2. The van der Waals surface area contributed by atoms with Crippen LogP contribution in [0.15, 0.2) is 40.1 Å². The number of rotatable bonds is 4. The van der Waals surface area contributed by atoms with E-state index in [0.29, 0.717) is 5.56 Å². The molecule has 0 saturated carbocycles. The number of hydrogen-bond acceptors (Lipinski definition) is 7. The van der Waals surface area contributed by atoms with Crippen LogP contribution in [-0.2, 0) is 19.1 Å². The highest BCUT2D eigenvalue weighted by Crippen LogP contribution is 2.32. The molecule has 2 heterocycles. The summed E-state index contributed by atoms with van der Waals surface area (Å²) in [6, 6.07) is 7.39. The van der Waals surface area contributed by atoms with Crippen LogP contribution in [0.4, 0.5) is 0 Å². The van der Waals surface area contributed by atoms with Gasteiger partial charge in [-0.25, -0.2) is 4.79 Å². The van der Waals surface area contributed by atoms with Crippen LogP contribution in [-0.4, -0.2) is 44.7 Å². The monoisotopic (exact) mass is 426 g/mol. The SMILES string of the molecule is CC(=O)O[C@H]1C[C@H](n2cc(C#Cc3ccc(C)cc3)c(=O)[nH]c2=O)O[C@@H]1C(O)C(C)=O. The Morgan fingerprint density at radius 2 is 1.90 bits per heavy atom. The van der Waals surface area contributed by atoms with Crippen LogP contribution in [0.2, 0.25) is 0 Å². The second-order valence-electron chi connectivity index (χ2n) is 7.32. The number of nitrogens with one attached hydrogen (secondary N) is 1. The van der Waals surface area contributed by atoms with Crippen LogP contribution >= 0.6 is 0 Å². The lowest BCUT2D eigenvalue weighted by Gasteiger charge is -2.21. The molecule has 1 aromatic carbocycles. The lowest BCUT2D eigenvalue weighted by Crippen LogP contribution is -2.41. The quantitative estimate of drug-likeness (QED) is 0.535. The van der Waals surface area contributed by atoms with Crippen molar-refractivity contribution in [3.63, 3.8) is 0 Å². The van der Waals surface area contributed by atoms with Crippen LogP contribution in [0, 0.1) is 18.8 Å². The molecule has 162 valence electrons. The zero-order valence-electron chi connectivity index (χ0n) is 17.2. The van der Waals surface area contributed by atoms with E-state index >= 15 is 0 Å². The maximum atomic E-state index is 12.4. The first-order valence-corrected chi connectivity index (χ1v) is 9.61. The molecule has 1 aliphatic rings. The van der Waals surface area contributed by atoms with Gasteiger partial charge in [-0.1, -0.05) is 29.5 Å². The van der Waals surface area contributed by atoms with Crippen molar-refractivity contribution >= 4 is 11.8 Å². The fourth-order valence-electron chi connectivity index (χ4n) is 3.24. The molecule has 1 aromatic heterocycles. The van der Waals surface area contributed by atoms with Gasteiger partial charge in [-0.3, -0.25) is 23.9 Å². The summed E-state index contributed by atoms with van der Waals surface area (Å²) in [5.74, 6) is 4.41. The molecule has 2 N–H and O–H groups in total. The molecule has 3 rings (SSSR count). The molecule has 9 heteroatoms. The van der Waals surface area contributed by atoms with Crippen molar-refractivity contribution in [3.05, 3.63) is 68.0 Å². The number of aromatic nitrogens is 2. The molecule has 0 bridgehead atoms. The van der Waals surface area contributed by atoms with Gasteiger partial charge in [0.25, 0.3) is 5.56 Å². The highest BCUT2D eigenvalue weighted by molar-refractivity contribution is 5.81. The predicted molar refractivity (Wildman–Crippen MR) is 109 cm³/mol. The van der Waals surface area contributed by atoms with Gasteiger partial charge in [-0.2, -0.15) is 0 Å². The van der Waals surface area contributed by atoms with Crippen LogP contribution in [0.1, 0.15) is 43.2 Å². The van der Waals surface area contributed by atoms with E-state index < -0.39 is 47.5 Å². The number of aryl methyl sites for hydroxylation is 1. The van der Waals surface area contributed by atoms with Crippen molar-refractivity contribution in [2.45, 2.75) is 51.7 Å². The van der Waals surface area contributed by atoms with Gasteiger partial charge in [-0.05, 0) is 26.0 Å². The molecule has 1 saturated heterocycles. The van der Waals surface area contributed by atoms with Gasteiger partial charge >= 0.3 is 11.7 Å². The Morgan fingerprint density at radius 3 is 2.52 bits per heavy atom. The Hall–Kier alpha value is -3.48. The van der Waals surface area contributed by atoms with E-state index in [9.17, 15) is 24.3 Å². The van der Waals surface area contributed by atoms with E-state index in [1.54, 1.807) is 0 Å². The van der Waals surface area contributed by atoms with Crippen LogP contribution in [0.5, 0.6) is 0 Å². The summed E-state index contributed by atoms with van der Waals surface area (Å²) in [5.41, 5.74) is 0.383. The third-order valence-corrected chi connectivity index (χ3v) is 4.83. The van der Waals surface area contributed by atoms with E-state index in [1.165, 1.54) is 20.0 Å². The van der Waals surface area contributed by atoms with Crippen molar-refractivity contribution in [3.8, 4) is 11.8 Å². The summed E-state index contributed by atoms with van der Waals surface area (Å²) in [7, 11) is 0. The highest BCUT2D eigenvalue weighted by atomic mass is 16.6. The van der Waals surface area contributed by atoms with Gasteiger partial charge in [0.2, 0.25) is 0 Å². The number of ketones is 1. The van der Waals surface area contributed by atoms with E-state index in [4.69, 9.17) is 9.47 Å². The lowest BCUT2D eigenvalue weighted by molar-refractivity contribution is -0.157. The molecule has 1 unspecified atom stereocenters. The predicted octanol–water partition coefficient (Wildman–Crippen LogP) is 0.414. The minimum absolute atomic E-state index is 0.00533. The van der Waals surface area contributed by atoms with E-state index in [2.05, 4.69) is 16.8 Å². The van der Waals surface area contributed by atoms with Crippen molar-refractivity contribution in [1.29, 1.82) is 0 Å². The molecule has 1 aliphatic heterocycles. The number of aliphatic hydroxyl groups is 1. The van der Waals surface area contributed by atoms with Gasteiger partial charge in [0.05, 0.1) is 0 Å². The summed E-state index contributed by atoms with van der Waals surface area (Å²) >= 11 is 0. The topological polar surface area (TPSA) is 128 Å². The fraction of sp³-hybridized carbons (Fsp3) is 0.364. The second-order valence-corrected chi connectivity index (χ2v) is 7.32. The number of Topliss-reactive ketones (excluding diaryl/α,β-unsaturated/α-hetero) is 1. The number of ether oxygens (including phenoxy) is 2. The average molecular weight is 426 g/mol. The highest BCUT2D eigenvalue weighted by Gasteiger charge is 2.44. The molecule has 0 aliphatic carbocycles. The summed E-state index contributed by atoms with van der Waals surface area (Å²) in [6.07, 6.45) is -3.35. The molecule has 31 heavy (non-hydrogen) atoms. The number of H-pyrrole nitrogens is 1. The summed E-state index contributed by atoms with van der Waals surface area (Å²) < 4.78 is 11.9. The van der Waals surface area contributed by atoms with E-state index in [1.807, 2.05) is 31.2 Å². The standard InChI is InChI=1S/C22H22N2O7/c1-12-4-6-15(7-5-12)8-9-16-11-24(22(29)23-21(16)28)18-10-17(30-14(3)26)20(31-18)19(27)13(2)25/h4-7,11,17-20,27H,10H2,1-3H3,(H,23,28,29)/t17-,18+,19?,20-/m0/s1. The Kier molecular flexibility index (Phi) is 6.53. The molecule has 0 amide bonds. The van der Waals surface area contributed by atoms with Crippen LogP contribution < -0.4 is 11.2 Å². The number of aromatic amines is 1. The first-order valence-electron chi connectivity index (χ1n) is 9.61. The average Bonchev–Trinajstić information content (AvgIpc) is 3.10. The Labute approximate surface area is 177 Å². The van der Waals surface area contributed by atoms with Crippen molar-refractivity contribution < 1.29 is 24.2 Å². The first-order chi connectivity index (χ1) is 14.7. The largest absolute Gasteiger partial charge is 0.459 e. The number of carbonyl (C=O) groups is 2. The lowest BCUT2D eigenvalue weighted by atomic mass is 10.0. The van der Waals surface area contributed by atoms with Gasteiger partial charge in [0.1, 0.15) is 30.1 Å². The number of carbonyl (C=O) groups excluding carboxylic acids is 2. The molecular formula is C22H22N2O7. The number of benzene rings is 1. The van der Waals surface area contributed by atoms with E-state index in [0.717, 1.165) is 10.1 Å². The molecule has 1 fully saturated rings. The molecule has 4 atom stereocenters. The third-order valence-electron chi connectivity index (χ3n) is 4.83. The number of hydrogen-bond donors (Lipinski definition) is 2. The second kappa shape index (κ2) is 9.12. The van der Waals surface area contributed by atoms with Gasteiger partial charge in [0, 0.05) is 25.1 Å². The minimum atomic E-state index is -1.53. The normalized spacial score (nSPS) is 21.1. The number of aliphatic hydroxyl groups excluding tert-OH is 1. The van der Waals surface area contributed by atoms with Gasteiger partial charge in [0.15, 0.2) is 5.78 Å². The van der Waals surface area contributed by atoms with Crippen molar-refractivity contribution in [2.24, 2.45) is 0 Å². The maximum Gasteiger partial charge on any atom is 0.330 e. The van der Waals surface area contributed by atoms with Crippen molar-refractivity contribution in [2.75, 3.05) is 0 Å². The summed E-state index contributed by atoms with van der Waals surface area (Å²) in [5, 5.41) is 10.1. The molecular weight excluding hydrogens is 404 g/mol. The van der Waals surface area contributed by atoms with Gasteiger partial charge in [-0.15, -0.1) is 0 Å². The maximum absolute atomic E-state index is 12.4. The van der Waals surface area contributed by atoms with Crippen LogP contribution in [0.25, 0.3) is 0 Å². The Bertz CT molecular complexity index is 1170. The number of nitrogens with zero attached hydrogens (tertiary/aromatic N) is 1. The third kappa shape index (κ3) is 5.17. The summed E-state index contributed by atoms with van der Waals surface area (Å²) in [4.78, 5) is 49.8. The Balaban J connectivity index is 1.93. The van der Waals surface area contributed by atoms with Gasteiger partial charge < -0.3 is 14.6 Å². The summed E-state index contributed by atoms with van der Waals surface area (Å²) in [6.45, 7) is 4.31. The van der Waals surface area contributed by atoms with E-state index in [-0.39, 0.29) is 12.0 Å². The fourth-order valence-corrected chi connectivity index (χ4v) is 3.24. The Morgan fingerprint density at radius 1 is 1.23 bits per heavy atom. The zero-order valence-corrected chi connectivity index (χ0v) is 17.2. The molecule has 9 nitrogen and oxygen atoms in total. The molecule has 0 radical (unpaired) electrons. The van der Waals surface area contributed by atoms with Crippen molar-refractivity contribution in [1.82, 2.24) is 9.55 Å².